The third-order valence-electron chi connectivity index (χ3n) is 4.67. The van der Waals surface area contributed by atoms with E-state index in [0.29, 0.717) is 23.1 Å². The standard InChI is InChI=1S/C23H27N5O2S/c1-5-28-21(17(4)24-22(30)18-9-7-6-8-10-18)26-27-23(28)31-14-20(29)25-19-12-15(2)11-16(3)13-19/h6-13,17H,5,14H2,1-4H3,(H,24,30)(H,25,29)/t17-/m1/s1. The van der Waals surface area contributed by atoms with Gasteiger partial charge in [0.2, 0.25) is 5.91 Å². The number of aromatic nitrogens is 3. The molecule has 0 spiro atoms. The van der Waals surface area contributed by atoms with Crippen molar-refractivity contribution in [2.45, 2.75) is 45.4 Å². The van der Waals surface area contributed by atoms with Gasteiger partial charge in [-0.05, 0) is 63.1 Å². The number of nitrogens with zero attached hydrogens (tertiary/aromatic N) is 3. The van der Waals surface area contributed by atoms with E-state index < -0.39 is 0 Å². The number of amides is 2. The van der Waals surface area contributed by atoms with E-state index in [0.717, 1.165) is 16.8 Å². The Morgan fingerprint density at radius 2 is 1.74 bits per heavy atom. The Morgan fingerprint density at radius 1 is 1.06 bits per heavy atom. The average Bonchev–Trinajstić information content (AvgIpc) is 3.15. The van der Waals surface area contributed by atoms with Gasteiger partial charge in [0.05, 0.1) is 11.8 Å². The molecule has 1 atom stereocenters. The van der Waals surface area contributed by atoms with E-state index in [1.807, 2.05) is 62.6 Å². The smallest absolute Gasteiger partial charge is 0.251 e. The van der Waals surface area contributed by atoms with Gasteiger partial charge in [0, 0.05) is 17.8 Å². The first kappa shape index (κ1) is 22.6. The van der Waals surface area contributed by atoms with Gasteiger partial charge < -0.3 is 15.2 Å². The fourth-order valence-corrected chi connectivity index (χ4v) is 4.14. The van der Waals surface area contributed by atoms with E-state index in [1.165, 1.54) is 11.8 Å². The molecule has 0 radical (unpaired) electrons. The largest absolute Gasteiger partial charge is 0.342 e. The molecule has 0 unspecified atom stereocenters. The molecule has 0 fully saturated rings. The Balaban J connectivity index is 1.62. The van der Waals surface area contributed by atoms with Crippen molar-refractivity contribution < 1.29 is 9.59 Å². The SMILES string of the molecule is CCn1c(SCC(=O)Nc2cc(C)cc(C)c2)nnc1[C@@H](C)NC(=O)c1ccccc1. The van der Waals surface area contributed by atoms with Crippen molar-refractivity contribution in [2.75, 3.05) is 11.1 Å². The lowest BCUT2D eigenvalue weighted by Gasteiger charge is -2.15. The molecular formula is C23H27N5O2S. The zero-order chi connectivity index (χ0) is 22.4. The van der Waals surface area contributed by atoms with Crippen molar-refractivity contribution in [3.63, 3.8) is 0 Å². The third kappa shape index (κ3) is 5.95. The monoisotopic (exact) mass is 437 g/mol. The maximum absolute atomic E-state index is 12.4. The summed E-state index contributed by atoms with van der Waals surface area (Å²) in [5.41, 5.74) is 3.59. The number of nitrogens with one attached hydrogen (secondary N) is 2. The highest BCUT2D eigenvalue weighted by Crippen LogP contribution is 2.21. The zero-order valence-corrected chi connectivity index (χ0v) is 19.0. The average molecular weight is 438 g/mol. The molecule has 1 heterocycles. The van der Waals surface area contributed by atoms with Crippen LogP contribution in [0.5, 0.6) is 0 Å². The van der Waals surface area contributed by atoms with Crippen LogP contribution in [0.2, 0.25) is 0 Å². The lowest BCUT2D eigenvalue weighted by molar-refractivity contribution is -0.113. The molecule has 7 nitrogen and oxygen atoms in total. The number of thioether (sulfide) groups is 1. The summed E-state index contributed by atoms with van der Waals surface area (Å²) in [6, 6.07) is 14.7. The van der Waals surface area contributed by atoms with E-state index in [4.69, 9.17) is 0 Å². The molecule has 2 amide bonds. The van der Waals surface area contributed by atoms with Crippen LogP contribution in [0.1, 0.15) is 47.2 Å². The van der Waals surface area contributed by atoms with Crippen molar-refractivity contribution in [3.8, 4) is 0 Å². The normalized spacial score (nSPS) is 11.7. The summed E-state index contributed by atoms with van der Waals surface area (Å²) in [6.45, 7) is 8.49. The van der Waals surface area contributed by atoms with Crippen molar-refractivity contribution in [1.29, 1.82) is 0 Å². The number of benzene rings is 2. The highest BCUT2D eigenvalue weighted by atomic mass is 32.2. The van der Waals surface area contributed by atoms with Crippen LogP contribution in [0.3, 0.4) is 0 Å². The van der Waals surface area contributed by atoms with Gasteiger partial charge in [0.25, 0.3) is 5.91 Å². The number of aryl methyl sites for hydroxylation is 2. The predicted molar refractivity (Wildman–Crippen MR) is 123 cm³/mol. The maximum atomic E-state index is 12.4. The molecule has 8 heteroatoms. The van der Waals surface area contributed by atoms with Gasteiger partial charge >= 0.3 is 0 Å². The van der Waals surface area contributed by atoms with Gasteiger partial charge in [-0.25, -0.2) is 0 Å². The molecule has 31 heavy (non-hydrogen) atoms. The number of hydrogen-bond donors (Lipinski definition) is 2. The predicted octanol–water partition coefficient (Wildman–Crippen LogP) is 4.14. The van der Waals surface area contributed by atoms with Crippen LogP contribution in [-0.4, -0.2) is 32.3 Å². The van der Waals surface area contributed by atoms with E-state index in [2.05, 4.69) is 26.9 Å². The van der Waals surface area contributed by atoms with E-state index >= 15 is 0 Å². The first-order valence-electron chi connectivity index (χ1n) is 10.2. The van der Waals surface area contributed by atoms with E-state index in [9.17, 15) is 9.59 Å². The summed E-state index contributed by atoms with van der Waals surface area (Å²) in [5.74, 6) is 0.605. The first-order valence-corrected chi connectivity index (χ1v) is 11.2. The summed E-state index contributed by atoms with van der Waals surface area (Å²) < 4.78 is 1.92. The van der Waals surface area contributed by atoms with E-state index in [1.54, 1.807) is 12.1 Å². The third-order valence-corrected chi connectivity index (χ3v) is 5.64. The number of carbonyl (C=O) groups is 2. The van der Waals surface area contributed by atoms with Gasteiger partial charge in [0.1, 0.15) is 0 Å². The fourth-order valence-electron chi connectivity index (χ4n) is 3.33. The number of anilines is 1. The zero-order valence-electron chi connectivity index (χ0n) is 18.2. The molecule has 0 aliphatic heterocycles. The molecule has 0 saturated carbocycles. The van der Waals surface area contributed by atoms with Gasteiger partial charge in [-0.1, -0.05) is 36.0 Å². The van der Waals surface area contributed by atoms with Crippen LogP contribution < -0.4 is 10.6 Å². The first-order chi connectivity index (χ1) is 14.9. The molecule has 1 aromatic heterocycles. The second-order valence-corrected chi connectivity index (χ2v) is 8.30. The van der Waals surface area contributed by atoms with E-state index in [-0.39, 0.29) is 23.6 Å². The van der Waals surface area contributed by atoms with Crippen molar-refractivity contribution >= 4 is 29.3 Å². The van der Waals surface area contributed by atoms with Gasteiger partial charge in [0.15, 0.2) is 11.0 Å². The second kappa shape index (κ2) is 10.3. The molecule has 3 rings (SSSR count). The van der Waals surface area contributed by atoms with Crippen LogP contribution in [0.25, 0.3) is 0 Å². The Kier molecular flexibility index (Phi) is 7.46. The van der Waals surface area contributed by atoms with Crippen LogP contribution >= 0.6 is 11.8 Å². The number of hydrogen-bond acceptors (Lipinski definition) is 5. The molecule has 0 aliphatic rings. The molecule has 2 aromatic carbocycles. The summed E-state index contributed by atoms with van der Waals surface area (Å²) in [6.07, 6.45) is 0. The summed E-state index contributed by atoms with van der Waals surface area (Å²) in [4.78, 5) is 24.8. The fraction of sp³-hybridized carbons (Fsp3) is 0.304. The minimum atomic E-state index is -0.321. The van der Waals surface area contributed by atoms with Crippen LogP contribution in [0.15, 0.2) is 53.7 Å². The molecule has 3 aromatic rings. The van der Waals surface area contributed by atoms with Crippen molar-refractivity contribution in [1.82, 2.24) is 20.1 Å². The number of carbonyl (C=O) groups excluding carboxylic acids is 2. The molecule has 0 bridgehead atoms. The lowest BCUT2D eigenvalue weighted by atomic mass is 10.1. The van der Waals surface area contributed by atoms with Crippen molar-refractivity contribution in [3.05, 3.63) is 71.0 Å². The minimum absolute atomic E-state index is 0.104. The maximum Gasteiger partial charge on any atom is 0.251 e. The Morgan fingerprint density at radius 3 is 2.39 bits per heavy atom. The Hall–Kier alpha value is -3.13. The van der Waals surface area contributed by atoms with Crippen LogP contribution in [-0.2, 0) is 11.3 Å². The topological polar surface area (TPSA) is 88.9 Å². The highest BCUT2D eigenvalue weighted by molar-refractivity contribution is 7.99. The molecule has 0 saturated heterocycles. The molecule has 2 N–H and O–H groups in total. The lowest BCUT2D eigenvalue weighted by Crippen LogP contribution is -2.28. The van der Waals surface area contributed by atoms with Gasteiger partial charge in [-0.15, -0.1) is 10.2 Å². The number of rotatable bonds is 8. The molecule has 162 valence electrons. The van der Waals surface area contributed by atoms with Crippen LogP contribution in [0.4, 0.5) is 5.69 Å². The summed E-state index contributed by atoms with van der Waals surface area (Å²) in [5, 5.41) is 15.0. The minimum Gasteiger partial charge on any atom is -0.342 e. The van der Waals surface area contributed by atoms with Crippen molar-refractivity contribution in [2.24, 2.45) is 0 Å². The van der Waals surface area contributed by atoms with Gasteiger partial charge in [-0.2, -0.15) is 0 Å². The highest BCUT2D eigenvalue weighted by Gasteiger charge is 2.20. The second-order valence-electron chi connectivity index (χ2n) is 7.36. The van der Waals surface area contributed by atoms with Crippen LogP contribution in [0, 0.1) is 13.8 Å². The summed E-state index contributed by atoms with van der Waals surface area (Å²) in [7, 11) is 0. The van der Waals surface area contributed by atoms with Gasteiger partial charge in [-0.3, -0.25) is 9.59 Å². The Labute approximate surface area is 186 Å². The molecular weight excluding hydrogens is 410 g/mol. The quantitative estimate of drug-likeness (QED) is 0.517. The molecule has 0 aliphatic carbocycles. The Bertz CT molecular complexity index is 1040. The summed E-state index contributed by atoms with van der Waals surface area (Å²) >= 11 is 1.33.